The number of rotatable bonds is 7. The van der Waals surface area contributed by atoms with Gasteiger partial charge in [-0.25, -0.2) is 0 Å². The van der Waals surface area contributed by atoms with Gasteiger partial charge in [-0.05, 0) is 43.2 Å². The number of amides is 1. The Labute approximate surface area is 178 Å². The van der Waals surface area contributed by atoms with Crippen molar-refractivity contribution >= 4 is 17.7 Å². The number of nitrogens with zero attached hydrogens (tertiary/aromatic N) is 3. The summed E-state index contributed by atoms with van der Waals surface area (Å²) in [5, 5.41) is 12.4. The molecule has 9 heteroatoms. The molecule has 1 saturated carbocycles. The maximum Gasteiger partial charge on any atom is 0.230 e. The molecule has 1 aliphatic carbocycles. The first-order valence-corrected chi connectivity index (χ1v) is 11.0. The van der Waals surface area contributed by atoms with Crippen LogP contribution >= 0.6 is 11.8 Å². The van der Waals surface area contributed by atoms with Crippen LogP contribution in [0.4, 0.5) is 0 Å². The number of hydrogen-bond acceptors (Lipinski definition) is 7. The zero-order valence-corrected chi connectivity index (χ0v) is 17.2. The second-order valence-electron chi connectivity index (χ2n) is 7.26. The highest BCUT2D eigenvalue weighted by Crippen LogP contribution is 2.42. The zero-order chi connectivity index (χ0) is 20.3. The molecule has 1 fully saturated rings. The SMILES string of the molecule is O=C(CSc1nnc(-c2ccc3c(c2)OCCCO3)n1C1CC1)NCc1ccco1. The van der Waals surface area contributed by atoms with Crippen molar-refractivity contribution in [1.29, 1.82) is 0 Å². The number of carbonyl (C=O) groups excluding carboxylic acids is 1. The second-order valence-corrected chi connectivity index (χ2v) is 8.21. The Morgan fingerprint density at radius 1 is 1.17 bits per heavy atom. The molecular formula is C21H22N4O4S. The number of hydrogen-bond donors (Lipinski definition) is 1. The second kappa shape index (κ2) is 8.43. The summed E-state index contributed by atoms with van der Waals surface area (Å²) in [7, 11) is 0. The number of fused-ring (bicyclic) bond motifs is 1. The average molecular weight is 426 g/mol. The molecule has 2 aliphatic rings. The van der Waals surface area contributed by atoms with Crippen LogP contribution in [0, 0.1) is 0 Å². The average Bonchev–Trinajstić information content (AvgIpc) is 3.38. The predicted molar refractivity (Wildman–Crippen MR) is 111 cm³/mol. The molecule has 0 bridgehead atoms. The van der Waals surface area contributed by atoms with E-state index in [1.54, 1.807) is 12.3 Å². The maximum atomic E-state index is 12.2. The van der Waals surface area contributed by atoms with E-state index in [1.165, 1.54) is 11.8 Å². The van der Waals surface area contributed by atoms with Crippen LogP contribution in [0.3, 0.4) is 0 Å². The van der Waals surface area contributed by atoms with Crippen molar-refractivity contribution in [1.82, 2.24) is 20.1 Å². The molecule has 5 rings (SSSR count). The topological polar surface area (TPSA) is 91.4 Å². The van der Waals surface area contributed by atoms with Gasteiger partial charge in [-0.2, -0.15) is 0 Å². The highest BCUT2D eigenvalue weighted by Gasteiger charge is 2.30. The third-order valence-corrected chi connectivity index (χ3v) is 5.90. The predicted octanol–water partition coefficient (Wildman–Crippen LogP) is 3.44. The van der Waals surface area contributed by atoms with Crippen molar-refractivity contribution in [2.75, 3.05) is 19.0 Å². The van der Waals surface area contributed by atoms with Gasteiger partial charge in [0, 0.05) is 18.0 Å². The fourth-order valence-electron chi connectivity index (χ4n) is 3.32. The van der Waals surface area contributed by atoms with Crippen LogP contribution in [-0.4, -0.2) is 39.6 Å². The summed E-state index contributed by atoms with van der Waals surface area (Å²) in [6.07, 6.45) is 4.64. The molecule has 0 radical (unpaired) electrons. The molecule has 0 spiro atoms. The van der Waals surface area contributed by atoms with E-state index in [4.69, 9.17) is 13.9 Å². The zero-order valence-electron chi connectivity index (χ0n) is 16.4. The third-order valence-electron chi connectivity index (χ3n) is 4.95. The van der Waals surface area contributed by atoms with E-state index in [2.05, 4.69) is 20.1 Å². The lowest BCUT2D eigenvalue weighted by atomic mass is 10.2. The molecule has 3 aromatic rings. The Bertz CT molecular complexity index is 1030. The summed E-state index contributed by atoms with van der Waals surface area (Å²) in [5.41, 5.74) is 0.938. The number of aromatic nitrogens is 3. The molecule has 1 N–H and O–H groups in total. The lowest BCUT2D eigenvalue weighted by molar-refractivity contribution is -0.118. The first kappa shape index (κ1) is 19.0. The van der Waals surface area contributed by atoms with E-state index in [0.29, 0.717) is 25.8 Å². The monoisotopic (exact) mass is 426 g/mol. The number of ether oxygens (including phenoxy) is 2. The third kappa shape index (κ3) is 4.16. The minimum atomic E-state index is -0.0705. The normalized spacial score (nSPS) is 15.6. The standard InChI is InChI=1S/C21H22N4O4S/c26-19(22-12-16-3-1-8-27-16)13-30-21-24-23-20(25(21)15-5-6-15)14-4-7-17-18(11-14)29-10-2-9-28-17/h1,3-4,7-8,11,15H,2,5-6,9-10,12-13H2,(H,22,26). The minimum absolute atomic E-state index is 0.0705. The van der Waals surface area contributed by atoms with Crippen LogP contribution in [0.2, 0.25) is 0 Å². The molecule has 1 amide bonds. The summed E-state index contributed by atoms with van der Waals surface area (Å²) in [6.45, 7) is 1.68. The highest BCUT2D eigenvalue weighted by atomic mass is 32.2. The van der Waals surface area contributed by atoms with Crippen molar-refractivity contribution in [2.24, 2.45) is 0 Å². The molecule has 8 nitrogen and oxygen atoms in total. The van der Waals surface area contributed by atoms with Gasteiger partial charge < -0.3 is 19.2 Å². The smallest absolute Gasteiger partial charge is 0.230 e. The number of thioether (sulfide) groups is 1. The van der Waals surface area contributed by atoms with Crippen molar-refractivity contribution in [3.63, 3.8) is 0 Å². The first-order valence-electron chi connectivity index (χ1n) is 10.0. The van der Waals surface area contributed by atoms with E-state index >= 15 is 0 Å². The summed E-state index contributed by atoms with van der Waals surface area (Å²) >= 11 is 1.40. The number of nitrogens with one attached hydrogen (secondary N) is 1. The first-order chi connectivity index (χ1) is 14.8. The molecule has 1 aliphatic heterocycles. The molecule has 0 atom stereocenters. The molecule has 30 heavy (non-hydrogen) atoms. The van der Waals surface area contributed by atoms with Crippen molar-refractivity contribution < 1.29 is 18.7 Å². The summed E-state index contributed by atoms with van der Waals surface area (Å²) in [6, 6.07) is 9.89. The van der Waals surface area contributed by atoms with Crippen molar-refractivity contribution in [3.8, 4) is 22.9 Å². The molecular weight excluding hydrogens is 404 g/mol. The van der Waals surface area contributed by atoms with Crippen LogP contribution in [0.15, 0.2) is 46.2 Å². The van der Waals surface area contributed by atoms with Crippen LogP contribution in [0.25, 0.3) is 11.4 Å². The van der Waals surface area contributed by atoms with Crippen LogP contribution in [-0.2, 0) is 11.3 Å². The van der Waals surface area contributed by atoms with E-state index in [9.17, 15) is 4.79 Å². The Morgan fingerprint density at radius 2 is 2.03 bits per heavy atom. The Kier molecular flexibility index (Phi) is 5.35. The molecule has 1 aromatic carbocycles. The summed E-state index contributed by atoms with van der Waals surface area (Å²) in [4.78, 5) is 12.2. The van der Waals surface area contributed by atoms with Gasteiger partial charge in [-0.1, -0.05) is 11.8 Å². The number of benzene rings is 1. The van der Waals surface area contributed by atoms with E-state index in [1.807, 2.05) is 24.3 Å². The Morgan fingerprint density at radius 3 is 2.83 bits per heavy atom. The number of carbonyl (C=O) groups is 1. The van der Waals surface area contributed by atoms with Gasteiger partial charge in [-0.3, -0.25) is 9.36 Å². The lowest BCUT2D eigenvalue weighted by Crippen LogP contribution is -2.24. The molecule has 2 aromatic heterocycles. The summed E-state index contributed by atoms with van der Waals surface area (Å²) in [5.74, 6) is 3.22. The summed E-state index contributed by atoms with van der Waals surface area (Å²) < 4.78 is 18.9. The molecule has 3 heterocycles. The minimum Gasteiger partial charge on any atom is -0.490 e. The van der Waals surface area contributed by atoms with E-state index < -0.39 is 0 Å². The highest BCUT2D eigenvalue weighted by molar-refractivity contribution is 7.99. The lowest BCUT2D eigenvalue weighted by Gasteiger charge is -2.11. The molecule has 156 valence electrons. The Hall–Kier alpha value is -2.94. The van der Waals surface area contributed by atoms with Gasteiger partial charge in [0.1, 0.15) is 5.76 Å². The fraction of sp³-hybridized carbons (Fsp3) is 0.381. The van der Waals surface area contributed by atoms with Gasteiger partial charge in [0.05, 0.1) is 31.8 Å². The van der Waals surface area contributed by atoms with Gasteiger partial charge in [0.25, 0.3) is 0 Å². The van der Waals surface area contributed by atoms with Crippen molar-refractivity contribution in [3.05, 3.63) is 42.4 Å². The molecule has 0 saturated heterocycles. The van der Waals surface area contributed by atoms with Gasteiger partial charge in [0.15, 0.2) is 22.5 Å². The largest absolute Gasteiger partial charge is 0.490 e. The van der Waals surface area contributed by atoms with Gasteiger partial charge in [-0.15, -0.1) is 10.2 Å². The number of furan rings is 1. The molecule has 0 unspecified atom stereocenters. The van der Waals surface area contributed by atoms with Gasteiger partial charge >= 0.3 is 0 Å². The fourth-order valence-corrected chi connectivity index (χ4v) is 4.15. The van der Waals surface area contributed by atoms with E-state index in [0.717, 1.165) is 53.1 Å². The Balaban J connectivity index is 1.30. The van der Waals surface area contributed by atoms with E-state index in [-0.39, 0.29) is 11.7 Å². The van der Waals surface area contributed by atoms with Crippen LogP contribution in [0.1, 0.15) is 31.1 Å². The maximum absolute atomic E-state index is 12.2. The van der Waals surface area contributed by atoms with Crippen molar-refractivity contribution in [2.45, 2.75) is 37.0 Å². The van der Waals surface area contributed by atoms with Gasteiger partial charge in [0.2, 0.25) is 5.91 Å². The van der Waals surface area contributed by atoms with Crippen LogP contribution < -0.4 is 14.8 Å². The van der Waals surface area contributed by atoms with Crippen LogP contribution in [0.5, 0.6) is 11.5 Å². The quantitative estimate of drug-likeness (QED) is 0.579.